The van der Waals surface area contributed by atoms with Gasteiger partial charge in [0, 0.05) is 17.5 Å². The molecule has 0 aliphatic carbocycles. The van der Waals surface area contributed by atoms with Crippen LogP contribution in [-0.2, 0) is 23.2 Å². The van der Waals surface area contributed by atoms with Crippen molar-refractivity contribution in [3.05, 3.63) is 30.3 Å². The maximum atomic E-state index is 12.3. The van der Waals surface area contributed by atoms with E-state index < -0.39 is 20.5 Å². The Labute approximate surface area is 130 Å². The smallest absolute Gasteiger partial charge is 0.481 e. The summed E-state index contributed by atoms with van der Waals surface area (Å²) >= 11 is 0. The van der Waals surface area contributed by atoms with Crippen molar-refractivity contribution in [2.75, 3.05) is 19.4 Å². The third-order valence-corrected chi connectivity index (χ3v) is 6.47. The molecular weight excluding hydrogens is 302 g/mol. The molecule has 1 atom stereocenters. The van der Waals surface area contributed by atoms with Crippen molar-refractivity contribution in [1.82, 2.24) is 0 Å². The van der Waals surface area contributed by atoms with Gasteiger partial charge in [0.05, 0.1) is 25.8 Å². The Kier molecular flexibility index (Phi) is 5.00. The topological polar surface area (TPSA) is 87.9 Å². The number of hydrogen-bond acceptors (Lipinski definition) is 6. The highest BCUT2D eigenvalue weighted by Gasteiger charge is 2.47. The van der Waals surface area contributed by atoms with Gasteiger partial charge >= 0.3 is 8.56 Å². The molecule has 6 nitrogen and oxygen atoms in total. The molecule has 120 valence electrons. The summed E-state index contributed by atoms with van der Waals surface area (Å²) in [6.07, 6.45) is 0.200. The number of nitrogens with two attached hydrogens (primary N) is 1. The molecule has 1 aliphatic rings. The third kappa shape index (κ3) is 3.73. The first kappa shape index (κ1) is 16.7. The zero-order valence-electron chi connectivity index (χ0n) is 12.8. The molecule has 2 rings (SSSR count). The highest BCUT2D eigenvalue weighted by Crippen LogP contribution is 2.31. The standard InChI is InChI=1S/C15H21NO5Si/c1-12(17)20-22(11-16,13-6-4-3-5-7-13)21-14(18)8-15(2)9-19-10-15/h3-7H,8-11,16H2,1-2H3. The highest BCUT2D eigenvalue weighted by molar-refractivity contribution is 6.83. The van der Waals surface area contributed by atoms with Gasteiger partial charge in [0.15, 0.2) is 0 Å². The van der Waals surface area contributed by atoms with Gasteiger partial charge in [-0.1, -0.05) is 37.3 Å². The Hall–Kier alpha value is -1.70. The highest BCUT2D eigenvalue weighted by atomic mass is 28.4. The van der Waals surface area contributed by atoms with Crippen LogP contribution in [0.1, 0.15) is 20.3 Å². The molecule has 0 bridgehead atoms. The van der Waals surface area contributed by atoms with Crippen LogP contribution in [0.5, 0.6) is 0 Å². The zero-order valence-corrected chi connectivity index (χ0v) is 13.8. The molecule has 7 heteroatoms. The first-order chi connectivity index (χ1) is 10.4. The molecule has 1 unspecified atom stereocenters. The van der Waals surface area contributed by atoms with Gasteiger partial charge in [-0.05, 0) is 0 Å². The molecule has 0 aromatic heterocycles. The van der Waals surface area contributed by atoms with Crippen molar-refractivity contribution < 1.29 is 23.2 Å². The Morgan fingerprint density at radius 1 is 1.27 bits per heavy atom. The second kappa shape index (κ2) is 6.60. The van der Waals surface area contributed by atoms with Gasteiger partial charge in [-0.15, -0.1) is 0 Å². The van der Waals surface area contributed by atoms with Crippen LogP contribution in [0.3, 0.4) is 0 Å². The molecular formula is C15H21NO5Si. The number of carbonyl (C=O) groups excluding carboxylic acids is 2. The van der Waals surface area contributed by atoms with Crippen LogP contribution in [0.25, 0.3) is 0 Å². The minimum Gasteiger partial charge on any atom is -0.481 e. The van der Waals surface area contributed by atoms with Crippen molar-refractivity contribution in [1.29, 1.82) is 0 Å². The van der Waals surface area contributed by atoms with Crippen molar-refractivity contribution in [3.63, 3.8) is 0 Å². The lowest BCUT2D eigenvalue weighted by Gasteiger charge is -2.38. The van der Waals surface area contributed by atoms with E-state index in [2.05, 4.69) is 0 Å². The summed E-state index contributed by atoms with van der Waals surface area (Å²) in [4.78, 5) is 23.8. The molecule has 0 amide bonds. The minimum absolute atomic E-state index is 0.0183. The molecule has 0 saturated carbocycles. The molecule has 1 fully saturated rings. The summed E-state index contributed by atoms with van der Waals surface area (Å²) in [5.74, 6) is -0.917. The van der Waals surface area contributed by atoms with Crippen LogP contribution >= 0.6 is 0 Å². The third-order valence-electron chi connectivity index (χ3n) is 3.54. The van der Waals surface area contributed by atoms with E-state index in [-0.39, 0.29) is 18.0 Å². The van der Waals surface area contributed by atoms with Crippen LogP contribution in [0.4, 0.5) is 0 Å². The largest absolute Gasteiger partial charge is 0.513 e. The van der Waals surface area contributed by atoms with E-state index in [9.17, 15) is 9.59 Å². The van der Waals surface area contributed by atoms with E-state index in [0.717, 1.165) is 0 Å². The van der Waals surface area contributed by atoms with Gasteiger partial charge in [-0.2, -0.15) is 0 Å². The first-order valence-electron chi connectivity index (χ1n) is 7.14. The summed E-state index contributed by atoms with van der Waals surface area (Å²) in [6, 6.07) is 8.96. The number of ether oxygens (including phenoxy) is 1. The van der Waals surface area contributed by atoms with Gasteiger partial charge in [0.2, 0.25) is 0 Å². The van der Waals surface area contributed by atoms with E-state index >= 15 is 0 Å². The maximum Gasteiger partial charge on any atom is 0.513 e. The Morgan fingerprint density at radius 3 is 2.36 bits per heavy atom. The van der Waals surface area contributed by atoms with Gasteiger partial charge in [-0.3, -0.25) is 9.59 Å². The Balaban J connectivity index is 2.20. The maximum absolute atomic E-state index is 12.3. The van der Waals surface area contributed by atoms with Crippen LogP contribution in [0, 0.1) is 5.41 Å². The van der Waals surface area contributed by atoms with E-state index in [4.69, 9.17) is 19.3 Å². The summed E-state index contributed by atoms with van der Waals surface area (Å²) in [7, 11) is -3.32. The lowest BCUT2D eigenvalue weighted by atomic mass is 9.85. The molecule has 0 spiro atoms. The lowest BCUT2D eigenvalue weighted by molar-refractivity contribution is -0.153. The predicted octanol–water partition coefficient (Wildman–Crippen LogP) is 0.367. The van der Waals surface area contributed by atoms with E-state index in [1.54, 1.807) is 24.3 Å². The van der Waals surface area contributed by atoms with E-state index in [1.807, 2.05) is 13.0 Å². The second-order valence-corrected chi connectivity index (χ2v) is 8.77. The summed E-state index contributed by atoms with van der Waals surface area (Å²) in [5.41, 5.74) is 5.62. The molecule has 0 radical (unpaired) electrons. The predicted molar refractivity (Wildman–Crippen MR) is 82.3 cm³/mol. The van der Waals surface area contributed by atoms with Crippen molar-refractivity contribution in [2.24, 2.45) is 11.1 Å². The first-order valence-corrected chi connectivity index (χ1v) is 9.16. The van der Waals surface area contributed by atoms with Gasteiger partial charge in [0.25, 0.3) is 11.9 Å². The summed E-state index contributed by atoms with van der Waals surface area (Å²) < 4.78 is 16.2. The van der Waals surface area contributed by atoms with Crippen molar-refractivity contribution in [3.8, 4) is 0 Å². The normalized spacial score (nSPS) is 18.7. The molecule has 1 heterocycles. The van der Waals surface area contributed by atoms with Crippen molar-refractivity contribution in [2.45, 2.75) is 20.3 Å². The van der Waals surface area contributed by atoms with Crippen LogP contribution in [-0.4, -0.2) is 39.9 Å². The molecule has 2 N–H and O–H groups in total. The van der Waals surface area contributed by atoms with Crippen molar-refractivity contribution >= 4 is 25.7 Å². The lowest BCUT2D eigenvalue weighted by Crippen LogP contribution is -2.62. The fourth-order valence-electron chi connectivity index (χ4n) is 2.39. The minimum atomic E-state index is -3.32. The average Bonchev–Trinajstić information content (AvgIpc) is 2.45. The second-order valence-electron chi connectivity index (χ2n) is 5.87. The average molecular weight is 323 g/mol. The molecule has 1 aromatic rings. The van der Waals surface area contributed by atoms with Crippen LogP contribution in [0.15, 0.2) is 30.3 Å². The van der Waals surface area contributed by atoms with Gasteiger partial charge in [-0.25, -0.2) is 0 Å². The van der Waals surface area contributed by atoms with Crippen LogP contribution < -0.4 is 10.9 Å². The molecule has 1 aromatic carbocycles. The molecule has 22 heavy (non-hydrogen) atoms. The number of hydrogen-bond donors (Lipinski definition) is 1. The molecule has 1 aliphatic heterocycles. The van der Waals surface area contributed by atoms with E-state index in [0.29, 0.717) is 18.4 Å². The number of carbonyl (C=O) groups is 2. The van der Waals surface area contributed by atoms with Gasteiger partial charge < -0.3 is 19.3 Å². The SMILES string of the molecule is CC(=O)O[Si](CN)(OC(=O)CC1(C)COC1)c1ccccc1. The summed E-state index contributed by atoms with van der Waals surface area (Å²) in [6.45, 7) is 4.30. The zero-order chi connectivity index (χ0) is 16.2. The van der Waals surface area contributed by atoms with E-state index in [1.165, 1.54) is 6.92 Å². The molecule has 1 saturated heterocycles. The Bertz CT molecular complexity index is 546. The Morgan fingerprint density at radius 2 is 1.91 bits per heavy atom. The monoisotopic (exact) mass is 323 g/mol. The number of rotatable bonds is 6. The number of benzene rings is 1. The fraction of sp³-hybridized carbons (Fsp3) is 0.467. The fourth-order valence-corrected chi connectivity index (χ4v) is 4.67. The van der Waals surface area contributed by atoms with Crippen LogP contribution in [0.2, 0.25) is 0 Å². The van der Waals surface area contributed by atoms with Gasteiger partial charge in [0.1, 0.15) is 0 Å². The quantitative estimate of drug-likeness (QED) is 0.761. The summed E-state index contributed by atoms with van der Waals surface area (Å²) in [5, 5.41) is 0.663.